The highest BCUT2D eigenvalue weighted by atomic mass is 32.2. The lowest BCUT2D eigenvalue weighted by Crippen LogP contribution is -2.44. The maximum absolute atomic E-state index is 11.7. The molecule has 0 aromatic carbocycles. The zero-order chi connectivity index (χ0) is 12.8. The molecule has 1 aliphatic heterocycles. The molecular formula is C10H16N2O4S. The highest BCUT2D eigenvalue weighted by molar-refractivity contribution is 8.00. The van der Waals surface area contributed by atoms with Gasteiger partial charge in [-0.2, -0.15) is 0 Å². The molecule has 2 atom stereocenters. The summed E-state index contributed by atoms with van der Waals surface area (Å²) >= 11 is 1.53. The standard InChI is InChI=1S/C10H16N2O4S/c11-8(13)4-3-6(10(15)16)12-9(14)7-2-1-5-17-7/h6-7H,1-5H2,(H2,11,13)(H,12,14)(H,15,16)/t6-,7?/m0/s1. The summed E-state index contributed by atoms with van der Waals surface area (Å²) in [5, 5.41) is 11.2. The van der Waals surface area contributed by atoms with E-state index in [0.29, 0.717) is 0 Å². The molecule has 1 heterocycles. The van der Waals surface area contributed by atoms with Crippen molar-refractivity contribution in [1.29, 1.82) is 0 Å². The van der Waals surface area contributed by atoms with E-state index in [1.54, 1.807) is 0 Å². The lowest BCUT2D eigenvalue weighted by Gasteiger charge is -2.16. The number of hydrogen-bond acceptors (Lipinski definition) is 4. The van der Waals surface area contributed by atoms with Crippen molar-refractivity contribution in [2.75, 3.05) is 5.75 Å². The quantitative estimate of drug-likeness (QED) is 0.608. The summed E-state index contributed by atoms with van der Waals surface area (Å²) in [6.45, 7) is 0. The number of rotatable bonds is 6. The van der Waals surface area contributed by atoms with E-state index in [2.05, 4.69) is 5.32 Å². The van der Waals surface area contributed by atoms with Crippen LogP contribution in [-0.2, 0) is 14.4 Å². The number of thioether (sulfide) groups is 1. The van der Waals surface area contributed by atoms with Gasteiger partial charge in [0.1, 0.15) is 6.04 Å². The van der Waals surface area contributed by atoms with Crippen LogP contribution in [0.5, 0.6) is 0 Å². The van der Waals surface area contributed by atoms with Crippen molar-refractivity contribution in [3.05, 3.63) is 0 Å². The molecule has 0 spiro atoms. The molecule has 4 N–H and O–H groups in total. The maximum Gasteiger partial charge on any atom is 0.326 e. The van der Waals surface area contributed by atoms with Gasteiger partial charge in [0.25, 0.3) is 0 Å². The van der Waals surface area contributed by atoms with E-state index in [1.165, 1.54) is 11.8 Å². The number of aliphatic carboxylic acids is 1. The summed E-state index contributed by atoms with van der Waals surface area (Å²) in [5.41, 5.74) is 4.95. The molecule has 1 fully saturated rings. The molecule has 7 heteroatoms. The van der Waals surface area contributed by atoms with Gasteiger partial charge < -0.3 is 16.2 Å². The predicted octanol–water partition coefficient (Wildman–Crippen LogP) is -0.283. The van der Waals surface area contributed by atoms with Gasteiger partial charge in [0, 0.05) is 6.42 Å². The topological polar surface area (TPSA) is 109 Å². The van der Waals surface area contributed by atoms with Crippen LogP contribution in [0, 0.1) is 0 Å². The van der Waals surface area contributed by atoms with Crippen molar-refractivity contribution in [2.24, 2.45) is 5.73 Å². The SMILES string of the molecule is NC(=O)CC[C@H](NC(=O)C1CCCS1)C(=O)O. The van der Waals surface area contributed by atoms with Crippen LogP contribution in [0.25, 0.3) is 0 Å². The fourth-order valence-corrected chi connectivity index (χ4v) is 2.76. The second-order valence-electron chi connectivity index (χ2n) is 3.91. The fraction of sp³-hybridized carbons (Fsp3) is 0.700. The number of carboxylic acids is 1. The Morgan fingerprint density at radius 1 is 1.47 bits per heavy atom. The number of hydrogen-bond donors (Lipinski definition) is 3. The third-order valence-electron chi connectivity index (χ3n) is 2.52. The molecule has 96 valence electrons. The first-order valence-electron chi connectivity index (χ1n) is 5.44. The van der Waals surface area contributed by atoms with E-state index in [4.69, 9.17) is 10.8 Å². The number of primary amides is 1. The molecule has 1 saturated heterocycles. The number of nitrogens with one attached hydrogen (secondary N) is 1. The Hall–Kier alpha value is -1.24. The van der Waals surface area contributed by atoms with Crippen molar-refractivity contribution in [3.63, 3.8) is 0 Å². The molecule has 2 amide bonds. The second kappa shape index (κ2) is 6.48. The highest BCUT2D eigenvalue weighted by Gasteiger charge is 2.27. The minimum atomic E-state index is -1.14. The van der Waals surface area contributed by atoms with Gasteiger partial charge in [-0.05, 0) is 25.0 Å². The molecule has 0 bridgehead atoms. The minimum absolute atomic E-state index is 0.0355. The van der Waals surface area contributed by atoms with Crippen LogP contribution in [0.4, 0.5) is 0 Å². The molecule has 0 aromatic rings. The van der Waals surface area contributed by atoms with Gasteiger partial charge in [0.15, 0.2) is 0 Å². The Morgan fingerprint density at radius 2 is 2.18 bits per heavy atom. The van der Waals surface area contributed by atoms with E-state index in [-0.39, 0.29) is 24.0 Å². The molecule has 6 nitrogen and oxygen atoms in total. The van der Waals surface area contributed by atoms with E-state index < -0.39 is 17.9 Å². The zero-order valence-corrected chi connectivity index (χ0v) is 10.2. The Balaban J connectivity index is 2.44. The molecule has 0 aliphatic carbocycles. The van der Waals surface area contributed by atoms with Crippen LogP contribution in [0.2, 0.25) is 0 Å². The molecule has 17 heavy (non-hydrogen) atoms. The first kappa shape index (κ1) is 13.8. The number of nitrogens with two attached hydrogens (primary N) is 1. The second-order valence-corrected chi connectivity index (χ2v) is 5.22. The Labute approximate surface area is 103 Å². The van der Waals surface area contributed by atoms with Gasteiger partial charge in [-0.15, -0.1) is 11.8 Å². The fourth-order valence-electron chi connectivity index (χ4n) is 1.59. The number of carbonyl (C=O) groups is 3. The molecule has 1 unspecified atom stereocenters. The maximum atomic E-state index is 11.7. The predicted molar refractivity (Wildman–Crippen MR) is 63.5 cm³/mol. The smallest absolute Gasteiger partial charge is 0.326 e. The summed E-state index contributed by atoms with van der Waals surface area (Å²) in [6.07, 6.45) is 1.74. The van der Waals surface area contributed by atoms with Crippen LogP contribution >= 0.6 is 11.8 Å². The van der Waals surface area contributed by atoms with E-state index in [9.17, 15) is 14.4 Å². The van der Waals surface area contributed by atoms with Crippen LogP contribution in [0.15, 0.2) is 0 Å². The number of carboxylic acid groups (broad SMARTS) is 1. The first-order chi connectivity index (χ1) is 8.00. The van der Waals surface area contributed by atoms with Crippen molar-refractivity contribution in [2.45, 2.75) is 37.0 Å². The number of carbonyl (C=O) groups excluding carboxylic acids is 2. The monoisotopic (exact) mass is 260 g/mol. The Kier molecular flexibility index (Phi) is 5.27. The van der Waals surface area contributed by atoms with Crippen molar-refractivity contribution >= 4 is 29.5 Å². The van der Waals surface area contributed by atoms with Crippen LogP contribution < -0.4 is 11.1 Å². The minimum Gasteiger partial charge on any atom is -0.480 e. The molecular weight excluding hydrogens is 244 g/mol. The van der Waals surface area contributed by atoms with Crippen molar-refractivity contribution in [3.8, 4) is 0 Å². The van der Waals surface area contributed by atoms with Gasteiger partial charge in [0.05, 0.1) is 5.25 Å². The average Bonchev–Trinajstić information content (AvgIpc) is 2.76. The Bertz CT molecular complexity index is 315. The van der Waals surface area contributed by atoms with Crippen LogP contribution in [-0.4, -0.2) is 39.9 Å². The van der Waals surface area contributed by atoms with Gasteiger partial charge in [-0.25, -0.2) is 4.79 Å². The van der Waals surface area contributed by atoms with Gasteiger partial charge in [-0.3, -0.25) is 9.59 Å². The third-order valence-corrected chi connectivity index (χ3v) is 3.89. The highest BCUT2D eigenvalue weighted by Crippen LogP contribution is 2.26. The lowest BCUT2D eigenvalue weighted by atomic mass is 10.1. The van der Waals surface area contributed by atoms with Crippen molar-refractivity contribution in [1.82, 2.24) is 5.32 Å². The van der Waals surface area contributed by atoms with Gasteiger partial charge in [-0.1, -0.05) is 0 Å². The molecule has 0 aromatic heterocycles. The summed E-state index contributed by atoms with van der Waals surface area (Å²) in [7, 11) is 0. The summed E-state index contributed by atoms with van der Waals surface area (Å²) in [4.78, 5) is 33.2. The van der Waals surface area contributed by atoms with E-state index in [1.807, 2.05) is 0 Å². The summed E-state index contributed by atoms with van der Waals surface area (Å²) < 4.78 is 0. The molecule has 0 saturated carbocycles. The van der Waals surface area contributed by atoms with Gasteiger partial charge >= 0.3 is 5.97 Å². The largest absolute Gasteiger partial charge is 0.480 e. The normalized spacial score (nSPS) is 20.8. The Morgan fingerprint density at radius 3 is 2.65 bits per heavy atom. The lowest BCUT2D eigenvalue weighted by molar-refractivity contribution is -0.142. The van der Waals surface area contributed by atoms with Gasteiger partial charge in [0.2, 0.25) is 11.8 Å². The van der Waals surface area contributed by atoms with Crippen LogP contribution in [0.1, 0.15) is 25.7 Å². The average molecular weight is 260 g/mol. The molecule has 1 aliphatic rings. The van der Waals surface area contributed by atoms with Crippen molar-refractivity contribution < 1.29 is 19.5 Å². The first-order valence-corrected chi connectivity index (χ1v) is 6.48. The van der Waals surface area contributed by atoms with Crippen LogP contribution in [0.3, 0.4) is 0 Å². The molecule has 0 radical (unpaired) electrons. The number of amides is 2. The van der Waals surface area contributed by atoms with E-state index in [0.717, 1.165) is 18.6 Å². The molecule has 1 rings (SSSR count). The zero-order valence-electron chi connectivity index (χ0n) is 9.35. The summed E-state index contributed by atoms with van der Waals surface area (Å²) in [5.74, 6) is -1.04. The van der Waals surface area contributed by atoms with E-state index >= 15 is 0 Å². The third kappa shape index (κ3) is 4.64. The summed E-state index contributed by atoms with van der Waals surface area (Å²) in [6, 6.07) is -1.03.